The van der Waals surface area contributed by atoms with Gasteiger partial charge in [-0.3, -0.25) is 4.79 Å². The first-order chi connectivity index (χ1) is 16.0. The Morgan fingerprint density at radius 1 is 0.706 bits per heavy atom. The van der Waals surface area contributed by atoms with Crippen LogP contribution in [-0.4, -0.2) is 41.3 Å². The first-order valence-corrected chi connectivity index (χ1v) is 10.2. The maximum absolute atomic E-state index is 13.9. The van der Waals surface area contributed by atoms with Crippen molar-refractivity contribution >= 4 is 16.7 Å². The van der Waals surface area contributed by atoms with Crippen molar-refractivity contribution < 1.29 is 47.3 Å². The number of benzene rings is 3. The second-order valence-electron chi connectivity index (χ2n) is 7.19. The number of rotatable bonds is 8. The largest absolute Gasteiger partial charge is 1.00 e. The van der Waals surface area contributed by atoms with E-state index < -0.39 is 0 Å². The number of nitrogens with zero attached hydrogens (tertiary/aromatic N) is 1. The Kier molecular flexibility index (Phi) is 7.82. The van der Waals surface area contributed by atoms with Crippen LogP contribution in [0.3, 0.4) is 0 Å². The SMILES string of the molecule is COc1ccc(-c2[n-]c3cc(OC)ccc3c2C(=O)c2cc(OC)c(OC)c(OC)c2)cc1.[Li+]. The summed E-state index contributed by atoms with van der Waals surface area (Å²) < 4.78 is 26.9. The van der Waals surface area contributed by atoms with E-state index in [1.54, 1.807) is 26.4 Å². The van der Waals surface area contributed by atoms with E-state index in [-0.39, 0.29) is 24.6 Å². The van der Waals surface area contributed by atoms with Gasteiger partial charge in [0.2, 0.25) is 5.75 Å². The maximum Gasteiger partial charge on any atom is 1.00 e. The molecule has 0 aliphatic rings. The molecule has 4 aromatic rings. The van der Waals surface area contributed by atoms with Crippen molar-refractivity contribution in [3.05, 3.63) is 65.7 Å². The van der Waals surface area contributed by atoms with Crippen LogP contribution < -0.4 is 47.5 Å². The van der Waals surface area contributed by atoms with Crippen molar-refractivity contribution in [1.82, 2.24) is 4.98 Å². The molecule has 0 atom stereocenters. The van der Waals surface area contributed by atoms with Gasteiger partial charge in [0.05, 0.1) is 35.5 Å². The number of carbonyl (C=O) groups is 1. The zero-order chi connectivity index (χ0) is 23.5. The molecule has 0 saturated heterocycles. The van der Waals surface area contributed by atoms with Crippen LogP contribution in [0.2, 0.25) is 0 Å². The van der Waals surface area contributed by atoms with Crippen LogP contribution in [0, 0.1) is 0 Å². The number of fused-ring (bicyclic) bond motifs is 1. The zero-order valence-corrected chi connectivity index (χ0v) is 20.1. The molecule has 4 rings (SSSR count). The quantitative estimate of drug-likeness (QED) is 0.297. The molecule has 170 valence electrons. The molecular formula is C26H24LiNO6. The summed E-state index contributed by atoms with van der Waals surface area (Å²) in [5.41, 5.74) is 2.90. The van der Waals surface area contributed by atoms with Gasteiger partial charge >= 0.3 is 18.9 Å². The fourth-order valence-corrected chi connectivity index (χ4v) is 3.79. The van der Waals surface area contributed by atoms with Gasteiger partial charge in [0.25, 0.3) is 0 Å². The number of hydrogen-bond acceptors (Lipinski definition) is 6. The minimum atomic E-state index is -0.215. The van der Waals surface area contributed by atoms with Crippen LogP contribution in [0.5, 0.6) is 28.7 Å². The molecule has 0 aliphatic heterocycles. The van der Waals surface area contributed by atoms with E-state index >= 15 is 0 Å². The monoisotopic (exact) mass is 453 g/mol. The van der Waals surface area contributed by atoms with E-state index in [9.17, 15) is 4.79 Å². The zero-order valence-electron chi connectivity index (χ0n) is 20.1. The minimum absolute atomic E-state index is 0. The summed E-state index contributed by atoms with van der Waals surface area (Å²) in [5.74, 6) is 2.38. The molecule has 0 spiro atoms. The predicted octanol–water partition coefficient (Wildman–Crippen LogP) is 1.74. The standard InChI is InChI=1S/C26H25NO6.Li/c1-29-17-8-6-15(7-9-17)24-23(19-11-10-18(30-2)14-20(19)27-24)25(28)16-12-21(31-3)26(33-5)22(13-16)32-4;/h6-14H,1-5H3,(H,27,28);/q;+1/p-1. The van der Waals surface area contributed by atoms with Gasteiger partial charge in [-0.1, -0.05) is 18.2 Å². The van der Waals surface area contributed by atoms with Crippen molar-refractivity contribution in [1.29, 1.82) is 0 Å². The van der Waals surface area contributed by atoms with Gasteiger partial charge in [0, 0.05) is 11.1 Å². The molecule has 3 aromatic carbocycles. The molecule has 34 heavy (non-hydrogen) atoms. The van der Waals surface area contributed by atoms with Crippen LogP contribution in [0.15, 0.2) is 54.6 Å². The van der Waals surface area contributed by atoms with E-state index in [0.29, 0.717) is 51.1 Å². The van der Waals surface area contributed by atoms with E-state index in [1.165, 1.54) is 21.3 Å². The molecular weight excluding hydrogens is 429 g/mol. The Balaban J connectivity index is 0.00000324. The van der Waals surface area contributed by atoms with Crippen molar-refractivity contribution in [3.8, 4) is 40.0 Å². The van der Waals surface area contributed by atoms with Crippen molar-refractivity contribution in [3.63, 3.8) is 0 Å². The summed E-state index contributed by atoms with van der Waals surface area (Å²) in [7, 11) is 7.75. The van der Waals surface area contributed by atoms with E-state index in [1.807, 2.05) is 42.5 Å². The molecule has 1 aromatic heterocycles. The van der Waals surface area contributed by atoms with Crippen LogP contribution in [0.1, 0.15) is 15.9 Å². The normalized spacial score (nSPS) is 10.4. The van der Waals surface area contributed by atoms with Crippen LogP contribution >= 0.6 is 0 Å². The topological polar surface area (TPSA) is 77.3 Å². The second kappa shape index (κ2) is 10.6. The molecule has 0 aliphatic carbocycles. The number of hydrogen-bond donors (Lipinski definition) is 0. The first kappa shape index (κ1) is 25.1. The molecule has 0 N–H and O–H groups in total. The minimum Gasteiger partial charge on any atom is -0.656 e. The van der Waals surface area contributed by atoms with Crippen LogP contribution in [-0.2, 0) is 0 Å². The molecule has 7 nitrogen and oxygen atoms in total. The van der Waals surface area contributed by atoms with Gasteiger partial charge in [-0.15, -0.1) is 11.2 Å². The number of aromatic nitrogens is 1. The predicted molar refractivity (Wildman–Crippen MR) is 125 cm³/mol. The Bertz CT molecular complexity index is 1290. The number of ether oxygens (including phenoxy) is 5. The van der Waals surface area contributed by atoms with Gasteiger partial charge in [0.15, 0.2) is 17.3 Å². The maximum atomic E-state index is 13.9. The van der Waals surface area contributed by atoms with E-state index in [2.05, 4.69) is 0 Å². The average molecular weight is 453 g/mol. The molecule has 0 unspecified atom stereocenters. The molecule has 0 fully saturated rings. The van der Waals surface area contributed by atoms with Crippen LogP contribution in [0.25, 0.3) is 22.2 Å². The summed E-state index contributed by atoms with van der Waals surface area (Å²) in [4.78, 5) is 18.7. The Hall–Kier alpha value is -3.53. The van der Waals surface area contributed by atoms with E-state index in [0.717, 1.165) is 10.9 Å². The number of ketones is 1. The summed E-state index contributed by atoms with van der Waals surface area (Å²) in [6.45, 7) is 0. The summed E-state index contributed by atoms with van der Waals surface area (Å²) in [5, 5.41) is 0.723. The van der Waals surface area contributed by atoms with Crippen molar-refractivity contribution in [2.24, 2.45) is 0 Å². The van der Waals surface area contributed by atoms with Gasteiger partial charge in [0.1, 0.15) is 11.5 Å². The third-order valence-corrected chi connectivity index (χ3v) is 5.46. The molecule has 0 saturated carbocycles. The number of carbonyl (C=O) groups excluding carboxylic acids is 1. The van der Waals surface area contributed by atoms with Crippen LogP contribution in [0.4, 0.5) is 0 Å². The Morgan fingerprint density at radius 3 is 1.82 bits per heavy atom. The Labute approximate surface area is 210 Å². The number of methoxy groups -OCH3 is 5. The summed E-state index contributed by atoms with van der Waals surface area (Å²) in [6, 6.07) is 16.2. The first-order valence-electron chi connectivity index (χ1n) is 10.2. The van der Waals surface area contributed by atoms with Crippen molar-refractivity contribution in [2.75, 3.05) is 35.5 Å². The fraction of sp³-hybridized carbons (Fsp3) is 0.192. The fourth-order valence-electron chi connectivity index (χ4n) is 3.79. The van der Waals surface area contributed by atoms with Crippen molar-refractivity contribution in [2.45, 2.75) is 0 Å². The van der Waals surface area contributed by atoms with Gasteiger partial charge in [-0.2, -0.15) is 0 Å². The summed E-state index contributed by atoms with van der Waals surface area (Å²) in [6.07, 6.45) is 0. The third-order valence-electron chi connectivity index (χ3n) is 5.46. The molecule has 1 heterocycles. The molecule has 0 bridgehead atoms. The average Bonchev–Trinajstić information content (AvgIpc) is 3.25. The van der Waals surface area contributed by atoms with E-state index in [4.69, 9.17) is 28.7 Å². The Morgan fingerprint density at radius 2 is 1.29 bits per heavy atom. The van der Waals surface area contributed by atoms with Gasteiger partial charge < -0.3 is 28.7 Å². The molecule has 0 amide bonds. The second-order valence-corrected chi connectivity index (χ2v) is 7.19. The summed E-state index contributed by atoms with van der Waals surface area (Å²) >= 11 is 0. The van der Waals surface area contributed by atoms with Gasteiger partial charge in [-0.05, 0) is 47.3 Å². The third kappa shape index (κ3) is 4.45. The van der Waals surface area contributed by atoms with Gasteiger partial charge in [-0.25, -0.2) is 0 Å². The smallest absolute Gasteiger partial charge is 0.656 e. The molecule has 0 radical (unpaired) electrons. The molecule has 8 heteroatoms.